The fourth-order valence-corrected chi connectivity index (χ4v) is 0.951. The summed E-state index contributed by atoms with van der Waals surface area (Å²) in [5.41, 5.74) is 5.57. The van der Waals surface area contributed by atoms with E-state index in [1.54, 1.807) is 6.20 Å². The first kappa shape index (κ1) is 4.99. The molecule has 1 aliphatic rings. The molecule has 2 rings (SSSR count). The fraction of sp³-hybridized carbons (Fsp3) is 0.500. The lowest BCUT2D eigenvalue weighted by atomic mass is 10.3. The second kappa shape index (κ2) is 1.57. The van der Waals surface area contributed by atoms with E-state index in [1.165, 1.54) is 6.39 Å². The summed E-state index contributed by atoms with van der Waals surface area (Å²) in [6, 6.07) is 0.318. The maximum atomic E-state index is 5.57. The summed E-state index contributed by atoms with van der Waals surface area (Å²) in [4.78, 5) is 3.80. The van der Waals surface area contributed by atoms with Crippen molar-refractivity contribution in [1.82, 2.24) is 4.98 Å². The number of nitrogens with two attached hydrogens (primary N) is 1. The number of oxazole rings is 1. The third kappa shape index (κ3) is 0.733. The van der Waals surface area contributed by atoms with Gasteiger partial charge in [0.2, 0.25) is 0 Å². The van der Waals surface area contributed by atoms with E-state index >= 15 is 0 Å². The van der Waals surface area contributed by atoms with Crippen LogP contribution in [0.1, 0.15) is 18.1 Å². The molecule has 48 valence electrons. The topological polar surface area (TPSA) is 52.0 Å². The average molecular weight is 124 g/mol. The van der Waals surface area contributed by atoms with Crippen LogP contribution in [0, 0.1) is 0 Å². The minimum absolute atomic E-state index is 0.318. The Balaban J connectivity index is 2.18. The molecule has 0 saturated heterocycles. The molecule has 2 N–H and O–H groups in total. The molecule has 1 heterocycles. The molecule has 0 unspecified atom stereocenters. The van der Waals surface area contributed by atoms with Crippen molar-refractivity contribution < 1.29 is 4.42 Å². The van der Waals surface area contributed by atoms with Crippen molar-refractivity contribution in [2.45, 2.75) is 18.4 Å². The van der Waals surface area contributed by atoms with E-state index in [0.29, 0.717) is 12.0 Å². The van der Waals surface area contributed by atoms with E-state index in [1.807, 2.05) is 0 Å². The summed E-state index contributed by atoms with van der Waals surface area (Å²) in [6.07, 6.45) is 4.23. The van der Waals surface area contributed by atoms with Gasteiger partial charge in [0.05, 0.1) is 6.20 Å². The van der Waals surface area contributed by atoms with Crippen LogP contribution < -0.4 is 5.73 Å². The number of aromatic nitrogens is 1. The fourth-order valence-electron chi connectivity index (χ4n) is 0.951. The van der Waals surface area contributed by atoms with Gasteiger partial charge in [0.1, 0.15) is 5.76 Å². The van der Waals surface area contributed by atoms with Gasteiger partial charge in [0.25, 0.3) is 0 Å². The number of rotatable bonds is 1. The highest BCUT2D eigenvalue weighted by Crippen LogP contribution is 2.38. The summed E-state index contributed by atoms with van der Waals surface area (Å²) < 4.78 is 5.04. The largest absolute Gasteiger partial charge is 0.448 e. The Bertz CT molecular complexity index is 195. The Morgan fingerprint density at radius 2 is 2.56 bits per heavy atom. The third-order valence-corrected chi connectivity index (χ3v) is 1.66. The van der Waals surface area contributed by atoms with E-state index < -0.39 is 0 Å². The van der Waals surface area contributed by atoms with E-state index in [9.17, 15) is 0 Å². The first-order valence-corrected chi connectivity index (χ1v) is 3.02. The predicted molar refractivity (Wildman–Crippen MR) is 31.8 cm³/mol. The van der Waals surface area contributed by atoms with Gasteiger partial charge in [-0.3, -0.25) is 0 Å². The quantitative estimate of drug-likeness (QED) is 0.592. The molecule has 1 saturated carbocycles. The Hall–Kier alpha value is -0.830. The summed E-state index contributed by atoms with van der Waals surface area (Å²) in [5, 5.41) is 0. The SMILES string of the molecule is N[C@@H]1C[C@H]1c1cnco1. The monoisotopic (exact) mass is 124 g/mol. The number of nitrogens with zero attached hydrogens (tertiary/aromatic N) is 1. The van der Waals surface area contributed by atoms with Gasteiger partial charge >= 0.3 is 0 Å². The van der Waals surface area contributed by atoms with Gasteiger partial charge in [0.15, 0.2) is 6.39 Å². The molecule has 0 bridgehead atoms. The van der Waals surface area contributed by atoms with Gasteiger partial charge in [-0.2, -0.15) is 0 Å². The molecular formula is C6H8N2O. The van der Waals surface area contributed by atoms with Crippen molar-refractivity contribution in [3.8, 4) is 0 Å². The first-order chi connectivity index (χ1) is 4.38. The van der Waals surface area contributed by atoms with Crippen molar-refractivity contribution >= 4 is 0 Å². The van der Waals surface area contributed by atoms with Crippen LogP contribution in [0.15, 0.2) is 17.0 Å². The highest BCUT2D eigenvalue weighted by molar-refractivity contribution is 5.14. The van der Waals surface area contributed by atoms with Crippen molar-refractivity contribution in [1.29, 1.82) is 0 Å². The van der Waals surface area contributed by atoms with Crippen LogP contribution in [-0.4, -0.2) is 11.0 Å². The lowest BCUT2D eigenvalue weighted by molar-refractivity contribution is 0.503. The first-order valence-electron chi connectivity index (χ1n) is 3.02. The molecule has 0 spiro atoms. The zero-order chi connectivity index (χ0) is 6.27. The molecule has 0 aromatic carbocycles. The normalized spacial score (nSPS) is 32.6. The molecule has 2 atom stereocenters. The average Bonchev–Trinajstić information content (AvgIpc) is 2.44. The van der Waals surface area contributed by atoms with Crippen LogP contribution >= 0.6 is 0 Å². The van der Waals surface area contributed by atoms with E-state index in [0.717, 1.165) is 12.2 Å². The Kier molecular flexibility index (Phi) is 0.873. The van der Waals surface area contributed by atoms with Gasteiger partial charge in [0, 0.05) is 12.0 Å². The number of hydrogen-bond donors (Lipinski definition) is 1. The van der Waals surface area contributed by atoms with Crippen molar-refractivity contribution in [2.75, 3.05) is 0 Å². The standard InChI is InChI=1S/C6H8N2O/c7-5-1-4(5)6-2-8-3-9-6/h2-5H,1,7H2/t4-,5-/m1/s1. The second-order valence-electron chi connectivity index (χ2n) is 2.41. The summed E-state index contributed by atoms with van der Waals surface area (Å²) in [6.45, 7) is 0. The second-order valence-corrected chi connectivity index (χ2v) is 2.41. The molecule has 0 amide bonds. The molecule has 3 nitrogen and oxygen atoms in total. The Labute approximate surface area is 52.9 Å². The summed E-state index contributed by atoms with van der Waals surface area (Å²) >= 11 is 0. The van der Waals surface area contributed by atoms with Crippen LogP contribution in [0.2, 0.25) is 0 Å². The van der Waals surface area contributed by atoms with Crippen LogP contribution in [0.4, 0.5) is 0 Å². The maximum Gasteiger partial charge on any atom is 0.180 e. The molecule has 9 heavy (non-hydrogen) atoms. The van der Waals surface area contributed by atoms with Crippen molar-refractivity contribution in [3.63, 3.8) is 0 Å². The van der Waals surface area contributed by atoms with Gasteiger partial charge in [-0.05, 0) is 6.42 Å². The van der Waals surface area contributed by atoms with Crippen LogP contribution in [0.5, 0.6) is 0 Å². The van der Waals surface area contributed by atoms with E-state index in [2.05, 4.69) is 4.98 Å². The van der Waals surface area contributed by atoms with Crippen molar-refractivity contribution in [3.05, 3.63) is 18.4 Å². The lowest BCUT2D eigenvalue weighted by Gasteiger charge is -1.84. The zero-order valence-electron chi connectivity index (χ0n) is 4.95. The summed E-state index contributed by atoms with van der Waals surface area (Å²) in [7, 11) is 0. The molecule has 1 aromatic rings. The minimum atomic E-state index is 0.318. The molecule has 1 aromatic heterocycles. The van der Waals surface area contributed by atoms with Gasteiger partial charge < -0.3 is 10.2 Å². The molecule has 1 aliphatic carbocycles. The molecule has 1 fully saturated rings. The highest BCUT2D eigenvalue weighted by atomic mass is 16.3. The molecular weight excluding hydrogens is 116 g/mol. The van der Waals surface area contributed by atoms with E-state index in [-0.39, 0.29) is 0 Å². The van der Waals surface area contributed by atoms with Gasteiger partial charge in [-0.1, -0.05) is 0 Å². The number of hydrogen-bond acceptors (Lipinski definition) is 3. The minimum Gasteiger partial charge on any atom is -0.448 e. The maximum absolute atomic E-state index is 5.57. The van der Waals surface area contributed by atoms with Crippen LogP contribution in [0.25, 0.3) is 0 Å². The molecule has 3 heteroatoms. The van der Waals surface area contributed by atoms with Crippen LogP contribution in [0.3, 0.4) is 0 Å². The Morgan fingerprint density at radius 1 is 1.78 bits per heavy atom. The zero-order valence-corrected chi connectivity index (χ0v) is 4.95. The predicted octanol–water partition coefficient (Wildman–Crippen LogP) is 0.489. The smallest absolute Gasteiger partial charge is 0.180 e. The highest BCUT2D eigenvalue weighted by Gasteiger charge is 2.37. The molecule has 0 radical (unpaired) electrons. The lowest BCUT2D eigenvalue weighted by Crippen LogP contribution is -1.99. The van der Waals surface area contributed by atoms with Gasteiger partial charge in [-0.25, -0.2) is 4.98 Å². The Morgan fingerprint density at radius 3 is 3.00 bits per heavy atom. The van der Waals surface area contributed by atoms with Crippen molar-refractivity contribution in [2.24, 2.45) is 5.73 Å². The van der Waals surface area contributed by atoms with Crippen LogP contribution in [-0.2, 0) is 0 Å². The molecule has 0 aliphatic heterocycles. The van der Waals surface area contributed by atoms with Gasteiger partial charge in [-0.15, -0.1) is 0 Å². The summed E-state index contributed by atoms with van der Waals surface area (Å²) in [5.74, 6) is 1.38. The van der Waals surface area contributed by atoms with E-state index in [4.69, 9.17) is 10.2 Å². The third-order valence-electron chi connectivity index (χ3n) is 1.66.